The highest BCUT2D eigenvalue weighted by Gasteiger charge is 2.27. The lowest BCUT2D eigenvalue weighted by Gasteiger charge is -2.21. The lowest BCUT2D eigenvalue weighted by molar-refractivity contribution is -0.122. The minimum atomic E-state index is 0.174. The summed E-state index contributed by atoms with van der Waals surface area (Å²) in [5, 5.41) is 3.21. The van der Waals surface area contributed by atoms with Crippen LogP contribution in [0.15, 0.2) is 24.3 Å². The van der Waals surface area contributed by atoms with E-state index < -0.39 is 0 Å². The normalized spacial score (nSPS) is 23.0. The molecule has 0 radical (unpaired) electrons. The molecule has 0 aromatic heterocycles. The summed E-state index contributed by atoms with van der Waals surface area (Å²) in [6.45, 7) is 4.92. The van der Waals surface area contributed by atoms with Crippen LogP contribution >= 0.6 is 0 Å². The smallest absolute Gasteiger partial charge is 0.220 e. The summed E-state index contributed by atoms with van der Waals surface area (Å²) in [6.07, 6.45) is 4.97. The van der Waals surface area contributed by atoms with Crippen LogP contribution in [0.3, 0.4) is 0 Å². The van der Waals surface area contributed by atoms with E-state index in [1.165, 1.54) is 17.5 Å². The van der Waals surface area contributed by atoms with Crippen LogP contribution in [-0.4, -0.2) is 18.5 Å². The summed E-state index contributed by atoms with van der Waals surface area (Å²) >= 11 is 0. The molecule has 1 aliphatic rings. The van der Waals surface area contributed by atoms with Gasteiger partial charge >= 0.3 is 0 Å². The molecule has 1 aromatic rings. The predicted octanol–water partition coefficient (Wildman–Crippen LogP) is 3.12. The van der Waals surface area contributed by atoms with Crippen molar-refractivity contribution in [2.24, 2.45) is 11.7 Å². The molecule has 3 heteroatoms. The highest BCUT2D eigenvalue weighted by Crippen LogP contribution is 2.27. The van der Waals surface area contributed by atoms with E-state index in [1.54, 1.807) is 0 Å². The molecule has 0 saturated heterocycles. The van der Waals surface area contributed by atoms with Gasteiger partial charge < -0.3 is 11.1 Å². The van der Waals surface area contributed by atoms with E-state index in [-0.39, 0.29) is 11.9 Å². The largest absolute Gasteiger partial charge is 0.353 e. The van der Waals surface area contributed by atoms with E-state index in [0.29, 0.717) is 24.8 Å². The third-order valence-electron chi connectivity index (χ3n) is 4.78. The second-order valence-electron chi connectivity index (χ2n) is 6.32. The van der Waals surface area contributed by atoms with Crippen molar-refractivity contribution in [1.82, 2.24) is 5.32 Å². The molecule has 2 rings (SSSR count). The Morgan fingerprint density at radius 1 is 1.33 bits per heavy atom. The summed E-state index contributed by atoms with van der Waals surface area (Å²) in [7, 11) is 0. The maximum absolute atomic E-state index is 12.3. The standard InChI is InChI=1S/C18H28N2O/c1-3-14(15-9-7-13(2)8-10-15)11-18(21)20-17-6-4-5-16(17)12-19/h7-10,14,16-17H,3-6,11-12,19H2,1-2H3,(H,20,21). The maximum Gasteiger partial charge on any atom is 0.220 e. The van der Waals surface area contributed by atoms with Crippen molar-refractivity contribution < 1.29 is 4.79 Å². The van der Waals surface area contributed by atoms with E-state index in [0.717, 1.165) is 19.3 Å². The van der Waals surface area contributed by atoms with Gasteiger partial charge in [0.1, 0.15) is 0 Å². The van der Waals surface area contributed by atoms with Crippen molar-refractivity contribution in [3.05, 3.63) is 35.4 Å². The van der Waals surface area contributed by atoms with E-state index in [9.17, 15) is 4.79 Å². The van der Waals surface area contributed by atoms with E-state index >= 15 is 0 Å². The summed E-state index contributed by atoms with van der Waals surface area (Å²) in [4.78, 5) is 12.3. The first-order valence-corrected chi connectivity index (χ1v) is 8.20. The second-order valence-corrected chi connectivity index (χ2v) is 6.32. The first kappa shape index (κ1) is 16.0. The highest BCUT2D eigenvalue weighted by molar-refractivity contribution is 5.77. The molecule has 0 heterocycles. The average molecular weight is 288 g/mol. The average Bonchev–Trinajstić information content (AvgIpc) is 2.93. The molecule has 1 aromatic carbocycles. The Kier molecular flexibility index (Phi) is 5.80. The molecule has 116 valence electrons. The maximum atomic E-state index is 12.3. The Morgan fingerprint density at radius 2 is 2.05 bits per heavy atom. The van der Waals surface area contributed by atoms with Crippen molar-refractivity contribution in [3.8, 4) is 0 Å². The Hall–Kier alpha value is -1.35. The number of carbonyl (C=O) groups is 1. The summed E-state index contributed by atoms with van der Waals surface area (Å²) < 4.78 is 0. The van der Waals surface area contributed by atoms with Crippen molar-refractivity contribution in [3.63, 3.8) is 0 Å². The molecule has 1 fully saturated rings. The van der Waals surface area contributed by atoms with Gasteiger partial charge in [0.25, 0.3) is 0 Å². The number of carbonyl (C=O) groups excluding carboxylic acids is 1. The van der Waals surface area contributed by atoms with E-state index in [1.807, 2.05) is 0 Å². The molecule has 0 spiro atoms. The highest BCUT2D eigenvalue weighted by atomic mass is 16.1. The van der Waals surface area contributed by atoms with Crippen LogP contribution in [0, 0.1) is 12.8 Å². The molecule has 3 unspecified atom stereocenters. The molecule has 3 N–H and O–H groups in total. The monoisotopic (exact) mass is 288 g/mol. The van der Waals surface area contributed by atoms with Gasteiger partial charge in [0.05, 0.1) is 0 Å². The zero-order chi connectivity index (χ0) is 15.2. The Labute approximate surface area is 128 Å². The molecule has 3 atom stereocenters. The molecule has 3 nitrogen and oxygen atoms in total. The number of rotatable bonds is 6. The fourth-order valence-corrected chi connectivity index (χ4v) is 3.33. The molecule has 1 amide bonds. The fraction of sp³-hybridized carbons (Fsp3) is 0.611. The molecular formula is C18H28N2O. The Bertz CT molecular complexity index is 455. The second kappa shape index (κ2) is 7.60. The van der Waals surface area contributed by atoms with Gasteiger partial charge in [-0.3, -0.25) is 4.79 Å². The van der Waals surface area contributed by atoms with Crippen LogP contribution in [0.2, 0.25) is 0 Å². The molecule has 0 bridgehead atoms. The van der Waals surface area contributed by atoms with Gasteiger partial charge in [-0.1, -0.05) is 43.2 Å². The first-order valence-electron chi connectivity index (χ1n) is 8.20. The number of benzene rings is 1. The van der Waals surface area contributed by atoms with Gasteiger partial charge in [-0.25, -0.2) is 0 Å². The van der Waals surface area contributed by atoms with Crippen molar-refractivity contribution >= 4 is 5.91 Å². The number of nitrogens with two attached hydrogens (primary N) is 1. The third-order valence-corrected chi connectivity index (χ3v) is 4.78. The number of hydrogen-bond acceptors (Lipinski definition) is 2. The van der Waals surface area contributed by atoms with E-state index in [4.69, 9.17) is 5.73 Å². The number of aryl methyl sites for hydroxylation is 1. The molecule has 21 heavy (non-hydrogen) atoms. The van der Waals surface area contributed by atoms with Crippen LogP contribution in [0.4, 0.5) is 0 Å². The SMILES string of the molecule is CCC(CC(=O)NC1CCCC1CN)c1ccc(C)cc1. The molecule has 1 saturated carbocycles. The van der Waals surface area contributed by atoms with Crippen molar-refractivity contribution in [2.45, 2.75) is 57.9 Å². The van der Waals surface area contributed by atoms with Crippen LogP contribution < -0.4 is 11.1 Å². The number of amides is 1. The van der Waals surface area contributed by atoms with Crippen LogP contribution in [-0.2, 0) is 4.79 Å². The summed E-state index contributed by atoms with van der Waals surface area (Å²) in [5.74, 6) is 0.949. The van der Waals surface area contributed by atoms with Crippen LogP contribution in [0.25, 0.3) is 0 Å². The van der Waals surface area contributed by atoms with Gasteiger partial charge in [0.2, 0.25) is 5.91 Å². The van der Waals surface area contributed by atoms with Crippen LogP contribution in [0.5, 0.6) is 0 Å². The summed E-state index contributed by atoms with van der Waals surface area (Å²) in [6, 6.07) is 8.83. The number of hydrogen-bond donors (Lipinski definition) is 2. The fourth-order valence-electron chi connectivity index (χ4n) is 3.33. The van der Waals surface area contributed by atoms with Crippen molar-refractivity contribution in [1.29, 1.82) is 0 Å². The zero-order valence-electron chi connectivity index (χ0n) is 13.3. The lowest BCUT2D eigenvalue weighted by atomic mass is 9.92. The van der Waals surface area contributed by atoms with Gasteiger partial charge in [0, 0.05) is 12.5 Å². The number of nitrogens with one attached hydrogen (secondary N) is 1. The zero-order valence-corrected chi connectivity index (χ0v) is 13.3. The minimum Gasteiger partial charge on any atom is -0.353 e. The molecule has 1 aliphatic carbocycles. The first-order chi connectivity index (χ1) is 10.1. The van der Waals surface area contributed by atoms with Gasteiger partial charge in [-0.2, -0.15) is 0 Å². The third kappa shape index (κ3) is 4.31. The Balaban J connectivity index is 1.92. The molecule has 0 aliphatic heterocycles. The quantitative estimate of drug-likeness (QED) is 0.845. The minimum absolute atomic E-state index is 0.174. The predicted molar refractivity (Wildman–Crippen MR) is 87.2 cm³/mol. The lowest BCUT2D eigenvalue weighted by Crippen LogP contribution is -2.40. The topological polar surface area (TPSA) is 55.1 Å². The van der Waals surface area contributed by atoms with Gasteiger partial charge in [-0.05, 0) is 50.1 Å². The van der Waals surface area contributed by atoms with Gasteiger partial charge in [-0.15, -0.1) is 0 Å². The molecular weight excluding hydrogens is 260 g/mol. The van der Waals surface area contributed by atoms with Crippen molar-refractivity contribution in [2.75, 3.05) is 6.54 Å². The van der Waals surface area contributed by atoms with Crippen LogP contribution in [0.1, 0.15) is 56.1 Å². The summed E-state index contributed by atoms with van der Waals surface area (Å²) in [5.41, 5.74) is 8.30. The van der Waals surface area contributed by atoms with Gasteiger partial charge in [0.15, 0.2) is 0 Å². The van der Waals surface area contributed by atoms with E-state index in [2.05, 4.69) is 43.4 Å². The Morgan fingerprint density at radius 3 is 2.67 bits per heavy atom.